The number of nitrogens with zero attached hydrogens (tertiary/aromatic N) is 3. The van der Waals surface area contributed by atoms with Crippen LogP contribution in [0, 0.1) is 17.0 Å². The molecule has 0 aliphatic carbocycles. The number of nitrogens with one attached hydrogen (secondary N) is 1. The number of ketones is 1. The third-order valence-corrected chi connectivity index (χ3v) is 3.14. The topological polar surface area (TPSA) is 102 Å². The number of aromatic nitrogens is 3. The summed E-state index contributed by atoms with van der Waals surface area (Å²) >= 11 is 1.19. The Kier molecular flexibility index (Phi) is 3.91. The highest BCUT2D eigenvalue weighted by molar-refractivity contribution is 7.99. The van der Waals surface area contributed by atoms with E-state index < -0.39 is 4.92 Å². The highest BCUT2D eigenvalue weighted by atomic mass is 32.2. The Morgan fingerprint density at radius 3 is 2.74 bits per heavy atom. The lowest BCUT2D eigenvalue weighted by molar-refractivity contribution is -0.384. The molecule has 0 unspecified atom stereocenters. The van der Waals surface area contributed by atoms with E-state index in [-0.39, 0.29) is 22.9 Å². The van der Waals surface area contributed by atoms with Crippen LogP contribution in [0.2, 0.25) is 0 Å². The maximum atomic E-state index is 11.8. The number of aryl methyl sites for hydroxylation is 1. The molecule has 98 valence electrons. The number of nitro groups is 1. The van der Waals surface area contributed by atoms with Gasteiger partial charge in [-0.3, -0.25) is 14.9 Å². The van der Waals surface area contributed by atoms with Gasteiger partial charge in [0, 0.05) is 18.5 Å². The summed E-state index contributed by atoms with van der Waals surface area (Å²) in [5.74, 6) is -0.108. The summed E-state index contributed by atoms with van der Waals surface area (Å²) in [7, 11) is 0. The number of Topliss-reactive ketones (excluding diaryl/α,β-unsaturated/α-hetero) is 1. The molecule has 0 aliphatic heterocycles. The molecular weight excluding hydrogens is 268 g/mol. The molecule has 0 bridgehead atoms. The molecule has 7 nitrogen and oxygen atoms in total. The first-order valence-electron chi connectivity index (χ1n) is 5.33. The molecule has 0 saturated heterocycles. The Morgan fingerprint density at radius 1 is 1.47 bits per heavy atom. The summed E-state index contributed by atoms with van der Waals surface area (Å²) in [6.07, 6.45) is 4.53. The van der Waals surface area contributed by atoms with Crippen LogP contribution in [0.25, 0.3) is 0 Å². The van der Waals surface area contributed by atoms with Crippen molar-refractivity contribution in [3.63, 3.8) is 0 Å². The van der Waals surface area contributed by atoms with Gasteiger partial charge in [-0.25, -0.2) is 9.97 Å². The molecule has 2 aromatic heterocycles. The minimum absolute atomic E-state index is 0.125. The Labute approximate surface area is 112 Å². The molecule has 2 heterocycles. The Bertz CT molecular complexity index is 609. The molecule has 0 atom stereocenters. The van der Waals surface area contributed by atoms with Gasteiger partial charge in [0.05, 0.1) is 22.6 Å². The Hall–Kier alpha value is -2.22. The normalized spacial score (nSPS) is 10.4. The van der Waals surface area contributed by atoms with E-state index >= 15 is 0 Å². The molecule has 0 aromatic carbocycles. The highest BCUT2D eigenvalue weighted by Crippen LogP contribution is 2.17. The molecule has 0 aliphatic rings. The van der Waals surface area contributed by atoms with Crippen LogP contribution in [-0.2, 0) is 0 Å². The van der Waals surface area contributed by atoms with E-state index in [1.807, 2.05) is 6.92 Å². The fourth-order valence-corrected chi connectivity index (χ4v) is 1.98. The van der Waals surface area contributed by atoms with E-state index in [4.69, 9.17) is 0 Å². The zero-order chi connectivity index (χ0) is 13.8. The Balaban J connectivity index is 1.97. The van der Waals surface area contributed by atoms with Crippen molar-refractivity contribution >= 4 is 23.2 Å². The van der Waals surface area contributed by atoms with Crippen LogP contribution in [0.4, 0.5) is 5.69 Å². The lowest BCUT2D eigenvalue weighted by atomic mass is 10.3. The van der Waals surface area contributed by atoms with E-state index in [1.54, 1.807) is 12.4 Å². The smallest absolute Gasteiger partial charge is 0.287 e. The van der Waals surface area contributed by atoms with E-state index in [9.17, 15) is 14.9 Å². The minimum atomic E-state index is -0.552. The number of hydrogen-bond donors (Lipinski definition) is 1. The van der Waals surface area contributed by atoms with Gasteiger partial charge in [-0.2, -0.15) is 0 Å². The summed E-state index contributed by atoms with van der Waals surface area (Å²) < 4.78 is 0. The van der Waals surface area contributed by atoms with Gasteiger partial charge >= 0.3 is 0 Å². The lowest BCUT2D eigenvalue weighted by Crippen LogP contribution is -2.03. The number of hydrogen-bond acceptors (Lipinski definition) is 6. The monoisotopic (exact) mass is 278 g/mol. The van der Waals surface area contributed by atoms with Crippen molar-refractivity contribution in [3.05, 3.63) is 46.0 Å². The number of carbonyl (C=O) groups is 1. The standard InChI is InChI=1S/C11H10N4O3S/c1-7-3-13-11(14-4-7)19-6-10(16)9-2-8(5-12-9)15(17)18/h2-5,12H,6H2,1H3. The maximum absolute atomic E-state index is 11.8. The number of carbonyl (C=O) groups excluding carboxylic acids is 1. The number of H-pyrrole nitrogens is 1. The molecule has 0 saturated carbocycles. The molecule has 19 heavy (non-hydrogen) atoms. The predicted molar refractivity (Wildman–Crippen MR) is 69.3 cm³/mol. The molecular formula is C11H10N4O3S. The summed E-state index contributed by atoms with van der Waals surface area (Å²) in [5, 5.41) is 11.0. The molecule has 0 spiro atoms. The van der Waals surface area contributed by atoms with Gasteiger partial charge in [-0.15, -0.1) is 0 Å². The molecule has 0 amide bonds. The second-order valence-corrected chi connectivity index (χ2v) is 4.73. The van der Waals surface area contributed by atoms with Crippen LogP contribution in [0.3, 0.4) is 0 Å². The quantitative estimate of drug-likeness (QED) is 0.295. The molecule has 1 N–H and O–H groups in total. The van der Waals surface area contributed by atoms with E-state index in [2.05, 4.69) is 15.0 Å². The van der Waals surface area contributed by atoms with E-state index in [0.29, 0.717) is 5.16 Å². The van der Waals surface area contributed by atoms with Crippen molar-refractivity contribution in [2.75, 3.05) is 5.75 Å². The highest BCUT2D eigenvalue weighted by Gasteiger charge is 2.14. The zero-order valence-corrected chi connectivity index (χ0v) is 10.8. The molecule has 0 radical (unpaired) electrons. The number of aromatic amines is 1. The van der Waals surface area contributed by atoms with Crippen LogP contribution in [0.5, 0.6) is 0 Å². The van der Waals surface area contributed by atoms with Gasteiger partial charge in [0.15, 0.2) is 10.9 Å². The fraction of sp³-hybridized carbons (Fsp3) is 0.182. The van der Waals surface area contributed by atoms with Crippen molar-refractivity contribution in [1.82, 2.24) is 15.0 Å². The first kappa shape index (κ1) is 13.2. The van der Waals surface area contributed by atoms with Crippen molar-refractivity contribution in [3.8, 4) is 0 Å². The van der Waals surface area contributed by atoms with Gasteiger partial charge in [0.25, 0.3) is 5.69 Å². The summed E-state index contributed by atoms with van der Waals surface area (Å²) in [5.41, 5.74) is 1.03. The third kappa shape index (κ3) is 3.38. The minimum Gasteiger partial charge on any atom is -0.353 e. The van der Waals surface area contributed by atoms with Crippen LogP contribution >= 0.6 is 11.8 Å². The first-order chi connectivity index (χ1) is 9.06. The van der Waals surface area contributed by atoms with Crippen molar-refractivity contribution < 1.29 is 9.72 Å². The number of rotatable bonds is 5. The van der Waals surface area contributed by atoms with E-state index in [1.165, 1.54) is 24.0 Å². The SMILES string of the molecule is Cc1cnc(SCC(=O)c2cc([N+](=O)[O-])c[nH]2)nc1. The predicted octanol–water partition coefficient (Wildman–Crippen LogP) is 2.00. The number of thioether (sulfide) groups is 1. The van der Waals surface area contributed by atoms with Crippen LogP contribution in [0.15, 0.2) is 29.8 Å². The van der Waals surface area contributed by atoms with Crippen molar-refractivity contribution in [2.24, 2.45) is 0 Å². The molecule has 8 heteroatoms. The molecule has 2 rings (SSSR count). The summed E-state index contributed by atoms with van der Waals surface area (Å²) in [4.78, 5) is 32.4. The van der Waals surface area contributed by atoms with Gasteiger partial charge in [-0.05, 0) is 12.5 Å². The third-order valence-electron chi connectivity index (χ3n) is 2.27. The lowest BCUT2D eigenvalue weighted by Gasteiger charge is -1.98. The van der Waals surface area contributed by atoms with Gasteiger partial charge < -0.3 is 4.98 Å². The largest absolute Gasteiger partial charge is 0.353 e. The maximum Gasteiger partial charge on any atom is 0.287 e. The average Bonchev–Trinajstić information content (AvgIpc) is 2.87. The van der Waals surface area contributed by atoms with Crippen LogP contribution in [0.1, 0.15) is 16.1 Å². The first-order valence-corrected chi connectivity index (χ1v) is 6.32. The van der Waals surface area contributed by atoms with Gasteiger partial charge in [-0.1, -0.05) is 11.8 Å². The molecule has 0 fully saturated rings. The van der Waals surface area contributed by atoms with Crippen molar-refractivity contribution in [2.45, 2.75) is 12.1 Å². The average molecular weight is 278 g/mol. The molecule has 2 aromatic rings. The zero-order valence-electron chi connectivity index (χ0n) is 9.99. The fourth-order valence-electron chi connectivity index (χ4n) is 1.31. The van der Waals surface area contributed by atoms with Crippen LogP contribution < -0.4 is 0 Å². The second-order valence-electron chi connectivity index (χ2n) is 3.78. The van der Waals surface area contributed by atoms with Gasteiger partial charge in [0.2, 0.25) is 0 Å². The second kappa shape index (κ2) is 5.61. The van der Waals surface area contributed by atoms with Crippen molar-refractivity contribution in [1.29, 1.82) is 0 Å². The summed E-state index contributed by atoms with van der Waals surface area (Å²) in [6, 6.07) is 1.22. The Morgan fingerprint density at radius 2 is 2.16 bits per heavy atom. The summed E-state index contributed by atoms with van der Waals surface area (Å²) in [6.45, 7) is 1.87. The van der Waals surface area contributed by atoms with E-state index in [0.717, 1.165) is 5.56 Å². The van der Waals surface area contributed by atoms with Crippen LogP contribution in [-0.4, -0.2) is 31.4 Å². The van der Waals surface area contributed by atoms with Gasteiger partial charge in [0.1, 0.15) is 0 Å².